The van der Waals surface area contributed by atoms with E-state index in [1.807, 2.05) is 19.1 Å². The largest absolute Gasteiger partial charge is 0.377 e. The lowest BCUT2D eigenvalue weighted by molar-refractivity contribution is 0.0528. The van der Waals surface area contributed by atoms with Crippen LogP contribution >= 0.6 is 0 Å². The van der Waals surface area contributed by atoms with Gasteiger partial charge in [0.05, 0.1) is 12.6 Å². The third-order valence-corrected chi connectivity index (χ3v) is 5.99. The van der Waals surface area contributed by atoms with E-state index < -0.39 is 0 Å². The van der Waals surface area contributed by atoms with Crippen LogP contribution in [0.1, 0.15) is 43.0 Å². The molecule has 2 aliphatic rings. The first-order valence-corrected chi connectivity index (χ1v) is 10.7. The molecule has 0 aliphatic carbocycles. The lowest BCUT2D eigenvalue weighted by atomic mass is 9.95. The molecule has 0 amide bonds. The van der Waals surface area contributed by atoms with Crippen LogP contribution in [0.25, 0.3) is 0 Å². The number of rotatable bonds is 8. The van der Waals surface area contributed by atoms with Gasteiger partial charge in [0.15, 0.2) is 5.82 Å². The molecule has 4 rings (SSSR count). The molecule has 1 atom stereocenters. The summed E-state index contributed by atoms with van der Waals surface area (Å²) >= 11 is 0. The number of hydrogen-bond acceptors (Lipinski definition) is 6. The average Bonchev–Trinajstić information content (AvgIpc) is 3.37. The zero-order chi connectivity index (χ0) is 20.1. The molecular weight excluding hydrogens is 371 g/mol. The highest BCUT2D eigenvalue weighted by Crippen LogP contribution is 2.23. The van der Waals surface area contributed by atoms with Crippen LogP contribution in [-0.4, -0.2) is 58.8 Å². The van der Waals surface area contributed by atoms with E-state index in [0.29, 0.717) is 36.8 Å². The molecule has 2 saturated heterocycles. The summed E-state index contributed by atoms with van der Waals surface area (Å²) in [6, 6.07) is 7.09. The number of nitrogens with zero attached hydrogens (tertiary/aromatic N) is 4. The van der Waals surface area contributed by atoms with Gasteiger partial charge in [0.1, 0.15) is 5.82 Å². The molecule has 0 radical (unpaired) electrons. The van der Waals surface area contributed by atoms with E-state index in [1.165, 1.54) is 0 Å². The molecule has 7 heteroatoms. The van der Waals surface area contributed by atoms with Crippen molar-refractivity contribution in [1.82, 2.24) is 19.9 Å². The SMILES string of the molecule is Cc1noc(CN(CC2CCN(Cc3ccccc3F)CC2)C[C@H]2CCCO2)n1. The monoisotopic (exact) mass is 402 g/mol. The van der Waals surface area contributed by atoms with Gasteiger partial charge < -0.3 is 9.26 Å². The Morgan fingerprint density at radius 3 is 2.69 bits per heavy atom. The van der Waals surface area contributed by atoms with Crippen molar-refractivity contribution in [2.75, 3.05) is 32.8 Å². The quantitative estimate of drug-likeness (QED) is 0.675. The first-order chi connectivity index (χ1) is 14.2. The van der Waals surface area contributed by atoms with Crippen LogP contribution in [-0.2, 0) is 17.8 Å². The fourth-order valence-corrected chi connectivity index (χ4v) is 4.44. The highest BCUT2D eigenvalue weighted by Gasteiger charge is 2.26. The van der Waals surface area contributed by atoms with E-state index in [-0.39, 0.29) is 5.82 Å². The van der Waals surface area contributed by atoms with Crippen molar-refractivity contribution in [3.05, 3.63) is 47.4 Å². The molecule has 0 spiro atoms. The van der Waals surface area contributed by atoms with Crippen LogP contribution in [0.15, 0.2) is 28.8 Å². The minimum atomic E-state index is -0.104. The molecule has 3 heterocycles. The molecule has 2 aliphatic heterocycles. The molecule has 1 aromatic heterocycles. The lowest BCUT2D eigenvalue weighted by Gasteiger charge is -2.35. The standard InChI is InChI=1S/C22H31FN4O2/c1-17-24-22(29-25-17)16-27(15-20-6-4-12-28-20)13-18-8-10-26(11-9-18)14-19-5-2-3-7-21(19)23/h2-3,5,7,18,20H,4,6,8-16H2,1H3/t20-/m1/s1. The summed E-state index contributed by atoms with van der Waals surface area (Å²) in [5.74, 6) is 1.88. The Morgan fingerprint density at radius 2 is 2.00 bits per heavy atom. The van der Waals surface area contributed by atoms with Crippen molar-refractivity contribution in [2.45, 2.75) is 51.8 Å². The zero-order valence-corrected chi connectivity index (χ0v) is 17.2. The van der Waals surface area contributed by atoms with Gasteiger partial charge in [-0.1, -0.05) is 23.4 Å². The molecule has 6 nitrogen and oxygen atoms in total. The summed E-state index contributed by atoms with van der Waals surface area (Å²) in [4.78, 5) is 9.16. The Morgan fingerprint density at radius 1 is 1.17 bits per heavy atom. The van der Waals surface area contributed by atoms with E-state index in [4.69, 9.17) is 9.26 Å². The maximum absolute atomic E-state index is 13.9. The maximum Gasteiger partial charge on any atom is 0.240 e. The number of benzene rings is 1. The number of halogens is 1. The molecule has 0 bridgehead atoms. The molecule has 2 aromatic rings. The van der Waals surface area contributed by atoms with Crippen LogP contribution in [0.5, 0.6) is 0 Å². The average molecular weight is 403 g/mol. The first kappa shape index (κ1) is 20.4. The van der Waals surface area contributed by atoms with Crippen molar-refractivity contribution in [3.63, 3.8) is 0 Å². The molecule has 29 heavy (non-hydrogen) atoms. The van der Waals surface area contributed by atoms with Crippen molar-refractivity contribution in [2.24, 2.45) is 5.92 Å². The smallest absolute Gasteiger partial charge is 0.240 e. The highest BCUT2D eigenvalue weighted by atomic mass is 19.1. The van der Waals surface area contributed by atoms with E-state index >= 15 is 0 Å². The molecule has 0 N–H and O–H groups in total. The van der Waals surface area contributed by atoms with Crippen molar-refractivity contribution in [1.29, 1.82) is 0 Å². The van der Waals surface area contributed by atoms with Gasteiger partial charge in [-0.05, 0) is 57.7 Å². The fourth-order valence-electron chi connectivity index (χ4n) is 4.44. The predicted molar refractivity (Wildman–Crippen MR) is 108 cm³/mol. The second-order valence-electron chi connectivity index (χ2n) is 8.38. The Kier molecular flexibility index (Phi) is 6.90. The Bertz CT molecular complexity index is 770. The van der Waals surface area contributed by atoms with Crippen molar-refractivity contribution >= 4 is 0 Å². The van der Waals surface area contributed by atoms with E-state index in [1.54, 1.807) is 12.1 Å². The predicted octanol–water partition coefficient (Wildman–Crippen LogP) is 3.41. The molecule has 0 saturated carbocycles. The Hall–Kier alpha value is -1.83. The topological polar surface area (TPSA) is 54.6 Å². The van der Waals surface area contributed by atoms with Crippen LogP contribution in [0, 0.1) is 18.7 Å². The summed E-state index contributed by atoms with van der Waals surface area (Å²) in [6.07, 6.45) is 4.83. The number of hydrogen-bond donors (Lipinski definition) is 0. The molecule has 1 aromatic carbocycles. The molecular formula is C22H31FN4O2. The Balaban J connectivity index is 1.30. The van der Waals surface area contributed by atoms with Crippen LogP contribution in [0.2, 0.25) is 0 Å². The van der Waals surface area contributed by atoms with E-state index in [2.05, 4.69) is 19.9 Å². The van der Waals surface area contributed by atoms with Gasteiger partial charge in [0, 0.05) is 31.8 Å². The van der Waals surface area contributed by atoms with Crippen LogP contribution < -0.4 is 0 Å². The summed E-state index contributed by atoms with van der Waals surface area (Å²) in [5, 5.41) is 3.92. The third-order valence-electron chi connectivity index (χ3n) is 5.99. The second kappa shape index (κ2) is 9.78. The third kappa shape index (κ3) is 5.84. The lowest BCUT2D eigenvalue weighted by Crippen LogP contribution is -2.40. The summed E-state index contributed by atoms with van der Waals surface area (Å²) < 4.78 is 25.1. The molecule has 158 valence electrons. The number of ether oxygens (including phenoxy) is 1. The van der Waals surface area contributed by atoms with Gasteiger partial charge in [-0.3, -0.25) is 9.80 Å². The number of aryl methyl sites for hydroxylation is 1. The minimum Gasteiger partial charge on any atom is -0.377 e. The number of aromatic nitrogens is 2. The Labute approximate surface area is 172 Å². The van der Waals surface area contributed by atoms with Crippen LogP contribution in [0.3, 0.4) is 0 Å². The van der Waals surface area contributed by atoms with Gasteiger partial charge in [-0.25, -0.2) is 4.39 Å². The summed E-state index contributed by atoms with van der Waals surface area (Å²) in [6.45, 7) is 8.02. The van der Waals surface area contributed by atoms with E-state index in [0.717, 1.165) is 64.0 Å². The second-order valence-corrected chi connectivity index (χ2v) is 8.38. The van der Waals surface area contributed by atoms with Crippen LogP contribution in [0.4, 0.5) is 4.39 Å². The summed E-state index contributed by atoms with van der Waals surface area (Å²) in [7, 11) is 0. The number of piperidine rings is 1. The zero-order valence-electron chi connectivity index (χ0n) is 17.2. The first-order valence-electron chi connectivity index (χ1n) is 10.7. The van der Waals surface area contributed by atoms with Crippen molar-refractivity contribution in [3.8, 4) is 0 Å². The van der Waals surface area contributed by atoms with Gasteiger partial charge in [-0.2, -0.15) is 4.98 Å². The normalized spacial score (nSPS) is 21.3. The summed E-state index contributed by atoms with van der Waals surface area (Å²) in [5.41, 5.74) is 0.790. The minimum absolute atomic E-state index is 0.104. The highest BCUT2D eigenvalue weighted by molar-refractivity contribution is 5.17. The maximum atomic E-state index is 13.9. The van der Waals surface area contributed by atoms with Gasteiger partial charge >= 0.3 is 0 Å². The van der Waals surface area contributed by atoms with Gasteiger partial charge in [0.25, 0.3) is 0 Å². The van der Waals surface area contributed by atoms with Gasteiger partial charge in [-0.15, -0.1) is 0 Å². The molecule has 2 fully saturated rings. The number of likely N-dealkylation sites (tertiary alicyclic amines) is 1. The van der Waals surface area contributed by atoms with Crippen molar-refractivity contribution < 1.29 is 13.7 Å². The van der Waals surface area contributed by atoms with Gasteiger partial charge in [0.2, 0.25) is 5.89 Å². The fraction of sp³-hybridized carbons (Fsp3) is 0.636. The van der Waals surface area contributed by atoms with E-state index in [9.17, 15) is 4.39 Å². The molecule has 0 unspecified atom stereocenters.